The minimum absolute atomic E-state index is 0.117. The fraction of sp³-hybridized carbons (Fsp3) is 0.944. The molecular weight excluding hydrogens is 306 g/mol. The molecular formula is C18H39N3O3. The summed E-state index contributed by atoms with van der Waals surface area (Å²) < 4.78 is 11.2. The second-order valence-corrected chi connectivity index (χ2v) is 6.07. The van der Waals surface area contributed by atoms with E-state index in [0.29, 0.717) is 13.0 Å². The lowest BCUT2D eigenvalue weighted by Crippen LogP contribution is -2.39. The summed E-state index contributed by atoms with van der Waals surface area (Å²) in [5.74, 6) is 0.117. The quantitative estimate of drug-likeness (QED) is 0.406. The van der Waals surface area contributed by atoms with Crippen LogP contribution in [-0.2, 0) is 14.3 Å². The van der Waals surface area contributed by atoms with E-state index in [0.717, 1.165) is 72.0 Å². The summed E-state index contributed by atoms with van der Waals surface area (Å²) in [5.41, 5.74) is 0. The number of amides is 1. The summed E-state index contributed by atoms with van der Waals surface area (Å²) in [4.78, 5) is 15.9. The lowest BCUT2D eigenvalue weighted by atomic mass is 10.4. The SMILES string of the molecule is CCCOCCN(CCOCCC)CCN(C)CCNC(=O)CC. The molecule has 6 heteroatoms. The summed E-state index contributed by atoms with van der Waals surface area (Å²) in [6.07, 6.45) is 2.67. The van der Waals surface area contributed by atoms with Crippen LogP contribution in [0.4, 0.5) is 0 Å². The van der Waals surface area contributed by atoms with Crippen LogP contribution >= 0.6 is 0 Å². The minimum Gasteiger partial charge on any atom is -0.380 e. The number of rotatable bonds is 17. The van der Waals surface area contributed by atoms with Crippen LogP contribution in [0.1, 0.15) is 40.0 Å². The first-order valence-corrected chi connectivity index (χ1v) is 9.47. The van der Waals surface area contributed by atoms with Crippen LogP contribution < -0.4 is 5.32 Å². The Kier molecular flexibility index (Phi) is 16.7. The molecule has 0 rings (SSSR count). The number of carbonyl (C=O) groups excluding carboxylic acids is 1. The first kappa shape index (κ1) is 23.3. The average molecular weight is 346 g/mol. The van der Waals surface area contributed by atoms with E-state index >= 15 is 0 Å². The molecule has 0 aromatic rings. The molecule has 0 unspecified atom stereocenters. The van der Waals surface area contributed by atoms with Crippen molar-refractivity contribution in [2.45, 2.75) is 40.0 Å². The van der Waals surface area contributed by atoms with Crippen LogP contribution in [0.15, 0.2) is 0 Å². The summed E-state index contributed by atoms with van der Waals surface area (Å²) in [6, 6.07) is 0. The number of hydrogen-bond acceptors (Lipinski definition) is 5. The number of nitrogens with one attached hydrogen (secondary N) is 1. The van der Waals surface area contributed by atoms with E-state index < -0.39 is 0 Å². The van der Waals surface area contributed by atoms with Gasteiger partial charge in [0.05, 0.1) is 13.2 Å². The number of carbonyl (C=O) groups is 1. The standard InChI is InChI=1S/C18H39N3O3/c1-5-14-23-16-12-21(13-17-24-15-6-2)11-10-20(4)9-8-19-18(22)7-3/h5-17H2,1-4H3,(H,19,22). The predicted octanol–water partition coefficient (Wildman–Crippen LogP) is 1.60. The zero-order valence-electron chi connectivity index (χ0n) is 16.3. The van der Waals surface area contributed by atoms with E-state index in [2.05, 4.69) is 36.0 Å². The predicted molar refractivity (Wildman–Crippen MR) is 99.5 cm³/mol. The molecule has 0 aliphatic rings. The van der Waals surface area contributed by atoms with Gasteiger partial charge in [-0.3, -0.25) is 9.69 Å². The van der Waals surface area contributed by atoms with Gasteiger partial charge in [0, 0.05) is 58.9 Å². The van der Waals surface area contributed by atoms with Crippen LogP contribution in [0, 0.1) is 0 Å². The number of hydrogen-bond donors (Lipinski definition) is 1. The Morgan fingerprint density at radius 2 is 1.42 bits per heavy atom. The topological polar surface area (TPSA) is 54.0 Å². The molecule has 0 bridgehead atoms. The van der Waals surface area contributed by atoms with Gasteiger partial charge >= 0.3 is 0 Å². The van der Waals surface area contributed by atoms with Crippen molar-refractivity contribution in [2.24, 2.45) is 0 Å². The van der Waals surface area contributed by atoms with Crippen molar-refractivity contribution < 1.29 is 14.3 Å². The van der Waals surface area contributed by atoms with Gasteiger partial charge in [-0.05, 0) is 19.9 Å². The number of nitrogens with zero attached hydrogens (tertiary/aromatic N) is 2. The highest BCUT2D eigenvalue weighted by Gasteiger charge is 2.07. The van der Waals surface area contributed by atoms with E-state index in [9.17, 15) is 4.79 Å². The van der Waals surface area contributed by atoms with Gasteiger partial charge in [-0.2, -0.15) is 0 Å². The van der Waals surface area contributed by atoms with Crippen molar-refractivity contribution in [3.63, 3.8) is 0 Å². The molecule has 0 atom stereocenters. The highest BCUT2D eigenvalue weighted by Crippen LogP contribution is 1.94. The highest BCUT2D eigenvalue weighted by atomic mass is 16.5. The lowest BCUT2D eigenvalue weighted by Gasteiger charge is -2.25. The van der Waals surface area contributed by atoms with Crippen molar-refractivity contribution in [3.05, 3.63) is 0 Å². The molecule has 144 valence electrons. The Labute approximate surface area is 148 Å². The van der Waals surface area contributed by atoms with Crippen molar-refractivity contribution in [2.75, 3.05) is 72.7 Å². The van der Waals surface area contributed by atoms with Crippen LogP contribution in [0.3, 0.4) is 0 Å². The third kappa shape index (κ3) is 14.9. The normalized spacial score (nSPS) is 11.4. The number of ether oxygens (including phenoxy) is 2. The van der Waals surface area contributed by atoms with Crippen LogP contribution in [0.25, 0.3) is 0 Å². The molecule has 0 aromatic carbocycles. The molecule has 0 radical (unpaired) electrons. The molecule has 1 N–H and O–H groups in total. The maximum Gasteiger partial charge on any atom is 0.219 e. The van der Waals surface area contributed by atoms with Gasteiger partial charge in [0.2, 0.25) is 5.91 Å². The fourth-order valence-corrected chi connectivity index (χ4v) is 2.15. The zero-order chi connectivity index (χ0) is 18.0. The molecule has 0 saturated carbocycles. The summed E-state index contributed by atoms with van der Waals surface area (Å²) in [6.45, 7) is 14.8. The maximum atomic E-state index is 11.2. The Hall–Kier alpha value is -0.690. The second kappa shape index (κ2) is 17.1. The van der Waals surface area contributed by atoms with Gasteiger partial charge in [0.15, 0.2) is 0 Å². The Morgan fingerprint density at radius 3 is 1.92 bits per heavy atom. The molecule has 0 aromatic heterocycles. The summed E-state index contributed by atoms with van der Waals surface area (Å²) >= 11 is 0. The van der Waals surface area contributed by atoms with Gasteiger partial charge in [0.25, 0.3) is 0 Å². The molecule has 0 fully saturated rings. The first-order chi connectivity index (χ1) is 11.6. The first-order valence-electron chi connectivity index (χ1n) is 9.47. The molecule has 6 nitrogen and oxygen atoms in total. The molecule has 24 heavy (non-hydrogen) atoms. The van der Waals surface area contributed by atoms with E-state index in [1.165, 1.54) is 0 Å². The molecule has 0 heterocycles. The monoisotopic (exact) mass is 345 g/mol. The Morgan fingerprint density at radius 1 is 0.833 bits per heavy atom. The van der Waals surface area contributed by atoms with E-state index in [1.54, 1.807) is 0 Å². The Balaban J connectivity index is 3.95. The van der Waals surface area contributed by atoms with Crippen molar-refractivity contribution in [1.29, 1.82) is 0 Å². The molecule has 0 aliphatic heterocycles. The second-order valence-electron chi connectivity index (χ2n) is 6.07. The van der Waals surface area contributed by atoms with Gasteiger partial charge < -0.3 is 19.7 Å². The van der Waals surface area contributed by atoms with Crippen LogP contribution in [0.2, 0.25) is 0 Å². The van der Waals surface area contributed by atoms with E-state index in [-0.39, 0.29) is 5.91 Å². The van der Waals surface area contributed by atoms with Crippen molar-refractivity contribution in [1.82, 2.24) is 15.1 Å². The Bertz CT molecular complexity index is 279. The van der Waals surface area contributed by atoms with Crippen LogP contribution in [0.5, 0.6) is 0 Å². The minimum atomic E-state index is 0.117. The molecule has 0 spiro atoms. The summed E-state index contributed by atoms with van der Waals surface area (Å²) in [5, 5.41) is 2.91. The third-order valence-corrected chi connectivity index (χ3v) is 3.74. The molecule has 0 aliphatic carbocycles. The third-order valence-electron chi connectivity index (χ3n) is 3.74. The molecule has 1 amide bonds. The zero-order valence-corrected chi connectivity index (χ0v) is 16.3. The largest absolute Gasteiger partial charge is 0.380 e. The van der Waals surface area contributed by atoms with E-state index in [4.69, 9.17) is 9.47 Å². The van der Waals surface area contributed by atoms with Crippen molar-refractivity contribution >= 4 is 5.91 Å². The smallest absolute Gasteiger partial charge is 0.219 e. The van der Waals surface area contributed by atoms with Crippen molar-refractivity contribution in [3.8, 4) is 0 Å². The van der Waals surface area contributed by atoms with Crippen LogP contribution in [-0.4, -0.2) is 88.5 Å². The average Bonchev–Trinajstić information content (AvgIpc) is 2.59. The van der Waals surface area contributed by atoms with E-state index in [1.807, 2.05) is 6.92 Å². The van der Waals surface area contributed by atoms with Gasteiger partial charge in [0.1, 0.15) is 0 Å². The highest BCUT2D eigenvalue weighted by molar-refractivity contribution is 5.75. The maximum absolute atomic E-state index is 11.2. The van der Waals surface area contributed by atoms with Gasteiger partial charge in [-0.15, -0.1) is 0 Å². The van der Waals surface area contributed by atoms with Gasteiger partial charge in [-0.1, -0.05) is 20.8 Å². The number of likely N-dealkylation sites (N-methyl/N-ethyl adjacent to an activating group) is 1. The fourth-order valence-electron chi connectivity index (χ4n) is 2.15. The lowest BCUT2D eigenvalue weighted by molar-refractivity contribution is -0.120. The summed E-state index contributed by atoms with van der Waals surface area (Å²) in [7, 11) is 2.09. The molecule has 0 saturated heterocycles. The van der Waals surface area contributed by atoms with Gasteiger partial charge in [-0.25, -0.2) is 0 Å².